The molecule has 2 heterocycles. The number of benzene rings is 1. The number of ether oxygens (including phenoxy) is 1. The van der Waals surface area contributed by atoms with Gasteiger partial charge in [-0.2, -0.15) is 8.78 Å². The molecular formula is C16H15F2N3O2. The molecule has 5 nitrogen and oxygen atoms in total. The summed E-state index contributed by atoms with van der Waals surface area (Å²) in [4.78, 5) is 15.8. The van der Waals surface area contributed by atoms with Crippen molar-refractivity contribution < 1.29 is 18.3 Å². The highest BCUT2D eigenvalue weighted by atomic mass is 19.3. The van der Waals surface area contributed by atoms with Gasteiger partial charge in [0.05, 0.1) is 6.20 Å². The molecule has 0 saturated heterocycles. The highest BCUT2D eigenvalue weighted by molar-refractivity contribution is 5.94. The number of para-hydroxylation sites is 1. The van der Waals surface area contributed by atoms with Crippen LogP contribution in [0.2, 0.25) is 0 Å². The number of anilines is 2. The van der Waals surface area contributed by atoms with Crippen molar-refractivity contribution in [2.24, 2.45) is 0 Å². The van der Waals surface area contributed by atoms with Crippen LogP contribution in [0.15, 0.2) is 42.6 Å². The first kappa shape index (κ1) is 15.2. The number of fused-ring (bicyclic) bond motifs is 1. The van der Waals surface area contributed by atoms with Gasteiger partial charge in [-0.15, -0.1) is 0 Å². The van der Waals surface area contributed by atoms with Crippen LogP contribution in [0.4, 0.5) is 20.3 Å². The smallest absolute Gasteiger partial charge is 0.387 e. The highest BCUT2D eigenvalue weighted by Crippen LogP contribution is 2.32. The molecule has 120 valence electrons. The Morgan fingerprint density at radius 3 is 2.87 bits per heavy atom. The second kappa shape index (κ2) is 6.60. The lowest BCUT2D eigenvalue weighted by Crippen LogP contribution is -2.26. The number of alkyl halides is 2. The van der Waals surface area contributed by atoms with Gasteiger partial charge in [0.25, 0.3) is 0 Å². The maximum atomic E-state index is 12.1. The fraction of sp³-hybridized carbons (Fsp3) is 0.250. The lowest BCUT2D eigenvalue weighted by atomic mass is 9.90. The van der Waals surface area contributed by atoms with Gasteiger partial charge in [-0.05, 0) is 23.8 Å². The summed E-state index contributed by atoms with van der Waals surface area (Å²) in [6.07, 6.45) is 1.62. The summed E-state index contributed by atoms with van der Waals surface area (Å²) in [6, 6.07) is 10.6. The molecule has 1 amide bonds. The molecule has 7 heteroatoms. The normalized spacial score (nSPS) is 16.7. The fourth-order valence-corrected chi connectivity index (χ4v) is 2.57. The zero-order chi connectivity index (χ0) is 16.2. The Bertz CT molecular complexity index is 692. The second-order valence-electron chi connectivity index (χ2n) is 5.18. The van der Waals surface area contributed by atoms with E-state index in [9.17, 15) is 13.6 Å². The molecule has 2 N–H and O–H groups in total. The molecular weight excluding hydrogens is 304 g/mol. The van der Waals surface area contributed by atoms with Crippen molar-refractivity contribution >= 4 is 17.4 Å². The van der Waals surface area contributed by atoms with E-state index in [0.29, 0.717) is 18.8 Å². The quantitative estimate of drug-likeness (QED) is 0.888. The minimum atomic E-state index is -2.87. The minimum absolute atomic E-state index is 0.00735. The molecule has 0 spiro atoms. The predicted molar refractivity (Wildman–Crippen MR) is 81.8 cm³/mol. The average Bonchev–Trinajstić information content (AvgIpc) is 2.53. The molecule has 1 atom stereocenters. The fourth-order valence-electron chi connectivity index (χ4n) is 2.57. The Hall–Kier alpha value is -2.70. The molecule has 2 aromatic rings. The van der Waals surface area contributed by atoms with E-state index in [1.165, 1.54) is 12.3 Å². The van der Waals surface area contributed by atoms with Gasteiger partial charge in [-0.1, -0.05) is 18.2 Å². The summed E-state index contributed by atoms with van der Waals surface area (Å²) >= 11 is 0. The maximum absolute atomic E-state index is 12.1. The van der Waals surface area contributed by atoms with Gasteiger partial charge in [0, 0.05) is 24.6 Å². The van der Waals surface area contributed by atoms with Gasteiger partial charge in [-0.25, -0.2) is 4.98 Å². The molecule has 0 fully saturated rings. The molecule has 0 unspecified atom stereocenters. The lowest BCUT2D eigenvalue weighted by Gasteiger charge is -2.25. The monoisotopic (exact) mass is 319 g/mol. The first-order chi connectivity index (χ1) is 11.1. The van der Waals surface area contributed by atoms with Gasteiger partial charge >= 0.3 is 6.61 Å². The highest BCUT2D eigenvalue weighted by Gasteiger charge is 2.24. The summed E-state index contributed by atoms with van der Waals surface area (Å²) in [5, 5.41) is 5.97. The van der Waals surface area contributed by atoms with Crippen molar-refractivity contribution in [1.82, 2.24) is 4.98 Å². The zero-order valence-electron chi connectivity index (χ0n) is 12.1. The molecule has 3 rings (SSSR count). The summed E-state index contributed by atoms with van der Waals surface area (Å²) in [5.41, 5.74) is 1.89. The Morgan fingerprint density at radius 2 is 2.13 bits per heavy atom. The van der Waals surface area contributed by atoms with Crippen LogP contribution >= 0.6 is 0 Å². The number of rotatable bonds is 5. The molecule has 0 bridgehead atoms. The summed E-state index contributed by atoms with van der Waals surface area (Å²) < 4.78 is 28.4. The molecule has 1 aromatic carbocycles. The number of halogens is 2. The number of hydrogen-bond donors (Lipinski definition) is 2. The van der Waals surface area contributed by atoms with Crippen LogP contribution in [0.5, 0.6) is 5.75 Å². The Balaban J connectivity index is 1.65. The topological polar surface area (TPSA) is 63.2 Å². The van der Waals surface area contributed by atoms with Crippen LogP contribution in [0.1, 0.15) is 17.9 Å². The number of nitrogens with zero attached hydrogens (tertiary/aromatic N) is 1. The maximum Gasteiger partial charge on any atom is 0.387 e. The van der Waals surface area contributed by atoms with E-state index in [-0.39, 0.29) is 17.6 Å². The first-order valence-corrected chi connectivity index (χ1v) is 7.15. The zero-order valence-corrected chi connectivity index (χ0v) is 12.1. The van der Waals surface area contributed by atoms with E-state index < -0.39 is 6.61 Å². The van der Waals surface area contributed by atoms with Crippen LogP contribution in [0.25, 0.3) is 0 Å². The van der Waals surface area contributed by atoms with Crippen LogP contribution in [0.3, 0.4) is 0 Å². The van der Waals surface area contributed by atoms with E-state index in [2.05, 4.69) is 20.4 Å². The van der Waals surface area contributed by atoms with Crippen molar-refractivity contribution in [2.75, 3.05) is 17.2 Å². The van der Waals surface area contributed by atoms with E-state index in [1.807, 2.05) is 24.3 Å². The molecule has 1 aliphatic rings. The van der Waals surface area contributed by atoms with E-state index in [1.54, 1.807) is 6.07 Å². The van der Waals surface area contributed by atoms with Crippen molar-refractivity contribution in [2.45, 2.75) is 19.0 Å². The molecule has 23 heavy (non-hydrogen) atoms. The number of nitrogens with one attached hydrogen (secondary N) is 2. The third-order valence-electron chi connectivity index (χ3n) is 3.60. The van der Waals surface area contributed by atoms with Gasteiger partial charge in [0.15, 0.2) is 0 Å². The van der Waals surface area contributed by atoms with Crippen LogP contribution in [0, 0.1) is 0 Å². The minimum Gasteiger partial charge on any atom is -0.433 e. The van der Waals surface area contributed by atoms with Crippen molar-refractivity contribution in [3.05, 3.63) is 48.2 Å². The predicted octanol–water partition coefficient (Wildman–Crippen LogP) is 3.22. The number of aromatic nitrogens is 1. The number of amides is 1. The van der Waals surface area contributed by atoms with Gasteiger partial charge in [0.2, 0.25) is 5.91 Å². The SMILES string of the molecule is O=C1C[C@@H](CNc2ccc(OC(F)F)cn2)c2ccccc2N1. The molecule has 0 aliphatic carbocycles. The Morgan fingerprint density at radius 1 is 1.30 bits per heavy atom. The number of hydrogen-bond acceptors (Lipinski definition) is 4. The molecule has 1 aromatic heterocycles. The largest absolute Gasteiger partial charge is 0.433 e. The summed E-state index contributed by atoms with van der Waals surface area (Å²) in [6.45, 7) is -2.35. The Labute approximate surface area is 131 Å². The number of pyridine rings is 1. The van der Waals surface area contributed by atoms with E-state index in [4.69, 9.17) is 0 Å². The van der Waals surface area contributed by atoms with Crippen molar-refractivity contribution in [3.8, 4) is 5.75 Å². The van der Waals surface area contributed by atoms with E-state index in [0.717, 1.165) is 11.3 Å². The standard InChI is InChI=1S/C16H15F2N3O2/c17-16(18)23-11-5-6-14(20-9-11)19-8-10-7-15(22)21-13-4-2-1-3-12(10)13/h1-6,9-10,16H,7-8H2,(H,19,20)(H,21,22)/t10-/m0/s1. The van der Waals surface area contributed by atoms with Crippen molar-refractivity contribution in [1.29, 1.82) is 0 Å². The van der Waals surface area contributed by atoms with Crippen LogP contribution < -0.4 is 15.4 Å². The van der Waals surface area contributed by atoms with E-state index >= 15 is 0 Å². The first-order valence-electron chi connectivity index (χ1n) is 7.15. The second-order valence-corrected chi connectivity index (χ2v) is 5.18. The van der Waals surface area contributed by atoms with Crippen LogP contribution in [-0.4, -0.2) is 24.0 Å². The Kier molecular flexibility index (Phi) is 4.36. The summed E-state index contributed by atoms with van der Waals surface area (Å²) in [7, 11) is 0. The van der Waals surface area contributed by atoms with Gasteiger partial charge in [0.1, 0.15) is 11.6 Å². The lowest BCUT2D eigenvalue weighted by molar-refractivity contribution is -0.116. The van der Waals surface area contributed by atoms with Crippen LogP contribution in [-0.2, 0) is 4.79 Å². The number of carbonyl (C=O) groups is 1. The van der Waals surface area contributed by atoms with Crippen molar-refractivity contribution in [3.63, 3.8) is 0 Å². The summed E-state index contributed by atoms with van der Waals surface area (Å²) in [5.74, 6) is 0.547. The third-order valence-corrected chi connectivity index (χ3v) is 3.60. The average molecular weight is 319 g/mol. The van der Waals surface area contributed by atoms with Gasteiger partial charge in [-0.3, -0.25) is 4.79 Å². The molecule has 0 saturated carbocycles. The number of carbonyl (C=O) groups excluding carboxylic acids is 1. The molecule has 1 aliphatic heterocycles. The third kappa shape index (κ3) is 3.74. The van der Waals surface area contributed by atoms with Gasteiger partial charge < -0.3 is 15.4 Å². The molecule has 0 radical (unpaired) electrons.